The van der Waals surface area contributed by atoms with Crippen LogP contribution in [0.25, 0.3) is 0 Å². The van der Waals surface area contributed by atoms with Crippen LogP contribution in [0.2, 0.25) is 0 Å². The summed E-state index contributed by atoms with van der Waals surface area (Å²) in [5, 5.41) is 25.7. The number of hydrogen-bond donors (Lipinski definition) is 2. The van der Waals surface area contributed by atoms with Crippen LogP contribution in [0.15, 0.2) is 0 Å². The van der Waals surface area contributed by atoms with Crippen molar-refractivity contribution < 1.29 is 29.4 Å². The molecule has 0 aliphatic carbocycles. The van der Waals surface area contributed by atoms with Gasteiger partial charge in [-0.25, -0.2) is 4.79 Å². The molecule has 6 nitrogen and oxygen atoms in total. The van der Waals surface area contributed by atoms with E-state index in [0.717, 1.165) is 4.48 Å². The minimum Gasteiger partial charge on any atom is -0.550 e. The van der Waals surface area contributed by atoms with Gasteiger partial charge in [0.05, 0.1) is 28.2 Å². The summed E-state index contributed by atoms with van der Waals surface area (Å²) in [4.78, 5) is 19.3. The third-order valence-electron chi connectivity index (χ3n) is 0.645. The molecule has 0 heterocycles. The number of carbonyl (C=O) groups excluding carboxylic acids is 1. The smallest absolute Gasteiger partial charge is 0.332 e. The Hall–Kier alpha value is -1.14. The van der Waals surface area contributed by atoms with Gasteiger partial charge in [-0.3, -0.25) is 0 Å². The third kappa shape index (κ3) is 22.4. The first-order valence-corrected chi connectivity index (χ1v) is 3.93. The number of carboxylic acids is 2. The molecule has 0 bridgehead atoms. The Morgan fingerprint density at radius 2 is 1.57 bits per heavy atom. The van der Waals surface area contributed by atoms with Gasteiger partial charge in [0.2, 0.25) is 0 Å². The van der Waals surface area contributed by atoms with Gasteiger partial charge in [-0.15, -0.1) is 0 Å². The van der Waals surface area contributed by atoms with Crippen molar-refractivity contribution in [2.45, 2.75) is 12.5 Å². The molecule has 1 atom stereocenters. The van der Waals surface area contributed by atoms with Gasteiger partial charge >= 0.3 is 5.97 Å². The first kappa shape index (κ1) is 15.3. The summed E-state index contributed by atoms with van der Waals surface area (Å²) in [5.41, 5.74) is 0. The zero-order valence-corrected chi connectivity index (χ0v) is 8.85. The molecular formula is C8H17NO5. The maximum atomic E-state index is 9.69. The van der Waals surface area contributed by atoms with Crippen LogP contribution in [-0.4, -0.2) is 60.9 Å². The minimum atomic E-state index is -1.85. The lowest BCUT2D eigenvalue weighted by molar-refractivity contribution is -0.849. The van der Waals surface area contributed by atoms with Crippen LogP contribution in [0.5, 0.6) is 0 Å². The normalized spacial score (nSPS) is 12.4. The molecule has 0 fully saturated rings. The maximum absolute atomic E-state index is 9.69. The second-order valence-electron chi connectivity index (χ2n) is 4.11. The molecule has 84 valence electrons. The van der Waals surface area contributed by atoms with Gasteiger partial charge in [-0.1, -0.05) is 0 Å². The number of carboxylic acid groups (broad SMARTS) is 2. The van der Waals surface area contributed by atoms with Crippen LogP contribution >= 0.6 is 0 Å². The Kier molecular flexibility index (Phi) is 6.94. The highest BCUT2D eigenvalue weighted by Gasteiger charge is 2.11. The second kappa shape index (κ2) is 6.33. The van der Waals surface area contributed by atoms with Gasteiger partial charge in [0.15, 0.2) is 6.10 Å². The third-order valence-corrected chi connectivity index (χ3v) is 0.645. The molecule has 0 aromatic carbocycles. The van der Waals surface area contributed by atoms with E-state index >= 15 is 0 Å². The monoisotopic (exact) mass is 207 g/mol. The van der Waals surface area contributed by atoms with Crippen molar-refractivity contribution in [3.05, 3.63) is 0 Å². The first-order valence-electron chi connectivity index (χ1n) is 3.93. The van der Waals surface area contributed by atoms with Crippen LogP contribution < -0.4 is 5.11 Å². The van der Waals surface area contributed by atoms with E-state index in [-0.39, 0.29) is 0 Å². The van der Waals surface area contributed by atoms with Crippen molar-refractivity contribution in [3.8, 4) is 0 Å². The lowest BCUT2D eigenvalue weighted by atomic mass is 10.3. The molecule has 0 saturated carbocycles. The number of aliphatic hydroxyl groups is 1. The van der Waals surface area contributed by atoms with Crippen molar-refractivity contribution in [1.29, 1.82) is 0 Å². The van der Waals surface area contributed by atoms with Crippen LogP contribution in [0, 0.1) is 0 Å². The van der Waals surface area contributed by atoms with E-state index in [4.69, 9.17) is 10.2 Å². The van der Waals surface area contributed by atoms with E-state index in [0.29, 0.717) is 0 Å². The van der Waals surface area contributed by atoms with E-state index in [1.165, 1.54) is 0 Å². The fraction of sp³-hybridized carbons (Fsp3) is 0.750. The van der Waals surface area contributed by atoms with Crippen molar-refractivity contribution in [3.63, 3.8) is 0 Å². The van der Waals surface area contributed by atoms with E-state index < -0.39 is 24.5 Å². The second-order valence-corrected chi connectivity index (χ2v) is 4.11. The average Bonchev–Trinajstić information content (AvgIpc) is 1.80. The SMILES string of the molecule is C[N+](C)(C)C.O=C([O-])CC(O)C(=O)O. The number of carbonyl (C=O) groups is 2. The largest absolute Gasteiger partial charge is 0.550 e. The fourth-order valence-corrected chi connectivity index (χ4v) is 0.245. The molecule has 14 heavy (non-hydrogen) atoms. The molecule has 0 saturated heterocycles. The summed E-state index contributed by atoms with van der Waals surface area (Å²) in [6.07, 6.45) is -2.72. The predicted octanol–water partition coefficient (Wildman–Crippen LogP) is -2.11. The molecular weight excluding hydrogens is 190 g/mol. The van der Waals surface area contributed by atoms with Gasteiger partial charge < -0.3 is 24.6 Å². The summed E-state index contributed by atoms with van der Waals surface area (Å²) in [6, 6.07) is 0. The lowest BCUT2D eigenvalue weighted by Gasteiger charge is -2.14. The number of nitrogens with zero attached hydrogens (tertiary/aromatic N) is 1. The topological polar surface area (TPSA) is 97.7 Å². The van der Waals surface area contributed by atoms with Gasteiger partial charge in [0.25, 0.3) is 0 Å². The molecule has 0 aromatic heterocycles. The lowest BCUT2D eigenvalue weighted by Crippen LogP contribution is -2.31. The van der Waals surface area contributed by atoms with Crippen molar-refractivity contribution >= 4 is 11.9 Å². The number of quaternary nitrogens is 1. The Balaban J connectivity index is 0. The molecule has 1 unspecified atom stereocenters. The highest BCUT2D eigenvalue weighted by molar-refractivity contribution is 5.78. The number of aliphatic carboxylic acids is 2. The summed E-state index contributed by atoms with van der Waals surface area (Å²) in [6.45, 7) is 0. The van der Waals surface area contributed by atoms with Crippen LogP contribution in [0.3, 0.4) is 0 Å². The summed E-state index contributed by atoms with van der Waals surface area (Å²) >= 11 is 0. The average molecular weight is 207 g/mol. The molecule has 0 radical (unpaired) electrons. The maximum Gasteiger partial charge on any atom is 0.332 e. The zero-order valence-electron chi connectivity index (χ0n) is 8.85. The molecule has 2 N–H and O–H groups in total. The fourth-order valence-electron chi connectivity index (χ4n) is 0.245. The van der Waals surface area contributed by atoms with Gasteiger partial charge in [0, 0.05) is 12.4 Å². The quantitative estimate of drug-likeness (QED) is 0.516. The Morgan fingerprint density at radius 1 is 1.29 bits per heavy atom. The zero-order chi connectivity index (χ0) is 11.9. The van der Waals surface area contributed by atoms with Gasteiger partial charge in [0.1, 0.15) is 0 Å². The molecule has 0 rings (SSSR count). The summed E-state index contributed by atoms with van der Waals surface area (Å²) < 4.78 is 1.00. The van der Waals surface area contributed by atoms with E-state index in [9.17, 15) is 14.7 Å². The van der Waals surface area contributed by atoms with Crippen LogP contribution in [0.1, 0.15) is 6.42 Å². The molecule has 0 aromatic rings. The molecule has 0 spiro atoms. The minimum absolute atomic E-state index is 0.866. The van der Waals surface area contributed by atoms with Crippen molar-refractivity contribution in [2.75, 3.05) is 28.2 Å². The highest BCUT2D eigenvalue weighted by atomic mass is 16.4. The van der Waals surface area contributed by atoms with E-state index in [1.54, 1.807) is 0 Å². The van der Waals surface area contributed by atoms with Crippen LogP contribution in [0.4, 0.5) is 0 Å². The molecule has 6 heteroatoms. The predicted molar refractivity (Wildman–Crippen MR) is 47.2 cm³/mol. The summed E-state index contributed by atoms with van der Waals surface area (Å²) in [7, 11) is 8.50. The van der Waals surface area contributed by atoms with Crippen molar-refractivity contribution in [1.82, 2.24) is 0 Å². The van der Waals surface area contributed by atoms with E-state index in [1.807, 2.05) is 0 Å². The van der Waals surface area contributed by atoms with Gasteiger partial charge in [-0.2, -0.15) is 0 Å². The standard InChI is InChI=1S/C4H12N.C4H6O5/c1-5(2,3)4;5-2(4(8)9)1-3(6)7/h1-4H3;2,5H,1H2,(H,6,7)(H,8,9)/q+1;/p-1. The molecule has 0 amide bonds. The van der Waals surface area contributed by atoms with Crippen molar-refractivity contribution in [2.24, 2.45) is 0 Å². The summed E-state index contributed by atoms with van der Waals surface area (Å²) in [5.74, 6) is -3.14. The van der Waals surface area contributed by atoms with E-state index in [2.05, 4.69) is 28.2 Å². The Labute approximate surface area is 83.0 Å². The van der Waals surface area contributed by atoms with Gasteiger partial charge in [-0.05, 0) is 0 Å². The van der Waals surface area contributed by atoms with Crippen LogP contribution in [-0.2, 0) is 9.59 Å². The Morgan fingerprint density at radius 3 is 1.64 bits per heavy atom. The first-order chi connectivity index (χ1) is 6.04. The molecule has 0 aliphatic rings. The number of hydrogen-bond acceptors (Lipinski definition) is 4. The highest BCUT2D eigenvalue weighted by Crippen LogP contribution is 1.87. The molecule has 0 aliphatic heterocycles. The number of rotatable bonds is 3. The Bertz CT molecular complexity index is 190. The number of aliphatic hydroxyl groups excluding tert-OH is 1.